The Hall–Kier alpha value is -2.71. The maximum Gasteiger partial charge on any atom is 0.115 e. The van der Waals surface area contributed by atoms with Gasteiger partial charge in [0, 0.05) is 35.4 Å². The lowest BCUT2D eigenvalue weighted by Gasteiger charge is -2.09. The highest BCUT2D eigenvalue weighted by molar-refractivity contribution is 7.94. The Labute approximate surface area is 264 Å². The minimum Gasteiger partial charge on any atom is -0.264 e. The zero-order valence-corrected chi connectivity index (χ0v) is 28.4. The van der Waals surface area contributed by atoms with E-state index in [0.29, 0.717) is 23.7 Å². The van der Waals surface area contributed by atoms with Crippen molar-refractivity contribution in [3.8, 4) is 0 Å². The molecule has 228 valence electrons. The fraction of sp³-hybridized carbons (Fsp3) is 0.400. The molecule has 2 heterocycles. The van der Waals surface area contributed by atoms with Gasteiger partial charge in [-0.05, 0) is 63.6 Å². The maximum atomic E-state index is 4.83. The first-order chi connectivity index (χ1) is 20.1. The van der Waals surface area contributed by atoms with Crippen molar-refractivity contribution in [2.75, 3.05) is 7.11 Å². The molecule has 0 bridgehead atoms. The summed E-state index contributed by atoms with van der Waals surface area (Å²) in [6.07, 6.45) is 8.94. The molecule has 4 aromatic rings. The first-order valence-electron chi connectivity index (χ1n) is 14.4. The molecule has 2 aromatic carbocycles. The van der Waals surface area contributed by atoms with Crippen molar-refractivity contribution in [2.45, 2.75) is 89.7 Å². The van der Waals surface area contributed by atoms with Gasteiger partial charge < -0.3 is 0 Å². The van der Waals surface area contributed by atoms with E-state index in [-0.39, 0.29) is 0 Å². The number of hydrogen-bond donors (Lipinski definition) is 1. The molecule has 0 radical (unpaired) electrons. The van der Waals surface area contributed by atoms with Gasteiger partial charge in [0.1, 0.15) is 6.33 Å². The van der Waals surface area contributed by atoms with Gasteiger partial charge in [0.05, 0.1) is 19.2 Å². The average Bonchev–Trinajstić information content (AvgIpc) is 3.01. The van der Waals surface area contributed by atoms with Crippen molar-refractivity contribution in [3.63, 3.8) is 0 Å². The van der Waals surface area contributed by atoms with E-state index in [4.69, 9.17) is 4.33 Å². The van der Waals surface area contributed by atoms with Gasteiger partial charge in [0.2, 0.25) is 0 Å². The Morgan fingerprint density at radius 2 is 1.19 bits per heavy atom. The van der Waals surface area contributed by atoms with Crippen molar-refractivity contribution < 1.29 is 9.22 Å². The number of aromatic nitrogens is 3. The molecular weight excluding hydrogens is 559 g/mol. The number of hydrogen-bond acceptors (Lipinski definition) is 7. The zero-order valence-electron chi connectivity index (χ0n) is 26.7. The van der Waals surface area contributed by atoms with Gasteiger partial charge in [-0.15, -0.1) is 0 Å². The van der Waals surface area contributed by atoms with Crippen LogP contribution in [-0.4, -0.2) is 22.1 Å². The summed E-state index contributed by atoms with van der Waals surface area (Å²) in [5, 5.41) is 0. The summed E-state index contributed by atoms with van der Waals surface area (Å²) < 4.78 is 4.83. The Bertz CT molecular complexity index is 1180. The van der Waals surface area contributed by atoms with Crippen LogP contribution in [-0.2, 0) is 15.0 Å². The summed E-state index contributed by atoms with van der Waals surface area (Å²) in [5.74, 6) is 3.08. The fourth-order valence-electron chi connectivity index (χ4n) is 3.67. The summed E-state index contributed by atoms with van der Waals surface area (Å²) in [6.45, 7) is 17.3. The molecule has 0 fully saturated rings. The fourth-order valence-corrected chi connectivity index (χ4v) is 4.64. The molecule has 0 N–H and O–H groups in total. The normalized spacial score (nSPS) is 10.4. The molecule has 0 saturated heterocycles. The Kier molecular flexibility index (Phi) is 19.5. The molecule has 0 atom stereocenters. The van der Waals surface area contributed by atoms with Gasteiger partial charge in [0.25, 0.3) is 0 Å². The van der Waals surface area contributed by atoms with Crippen LogP contribution in [0.3, 0.4) is 0 Å². The van der Waals surface area contributed by atoms with Gasteiger partial charge in [0.15, 0.2) is 0 Å². The van der Waals surface area contributed by atoms with Crippen LogP contribution in [0.5, 0.6) is 0 Å². The lowest BCUT2D eigenvalue weighted by atomic mass is 9.98. The molecule has 7 heteroatoms. The van der Waals surface area contributed by atoms with Crippen molar-refractivity contribution in [1.82, 2.24) is 15.0 Å². The van der Waals surface area contributed by atoms with E-state index in [0.717, 1.165) is 10.6 Å². The summed E-state index contributed by atoms with van der Waals surface area (Å²) >= 11 is 5.53. The molecule has 0 aliphatic heterocycles. The molecule has 0 amide bonds. The third-order valence-electron chi connectivity index (χ3n) is 6.18. The van der Waals surface area contributed by atoms with E-state index >= 15 is 0 Å². The summed E-state index contributed by atoms with van der Waals surface area (Å²) in [6, 6.07) is 20.7. The van der Waals surface area contributed by atoms with E-state index in [9.17, 15) is 0 Å². The number of pyridine rings is 1. The highest BCUT2D eigenvalue weighted by atomic mass is 32.2. The van der Waals surface area contributed by atoms with Crippen LogP contribution < -0.4 is 0 Å². The summed E-state index contributed by atoms with van der Waals surface area (Å²) in [4.78, 5) is 17.4. The molecule has 5 nitrogen and oxygen atoms in total. The molecule has 4 rings (SSSR count). The third-order valence-corrected chi connectivity index (χ3v) is 7.27. The van der Waals surface area contributed by atoms with E-state index in [1.54, 1.807) is 12.5 Å². The lowest BCUT2D eigenvalue weighted by Crippen LogP contribution is -1.92. The van der Waals surface area contributed by atoms with E-state index in [1.165, 1.54) is 47.0 Å². The number of rotatable bonds is 8. The van der Waals surface area contributed by atoms with Crippen LogP contribution in [0.4, 0.5) is 0 Å². The van der Waals surface area contributed by atoms with E-state index < -0.39 is 0 Å². The van der Waals surface area contributed by atoms with Crippen molar-refractivity contribution >= 4 is 24.7 Å². The molecule has 0 saturated carbocycles. The van der Waals surface area contributed by atoms with Gasteiger partial charge in [-0.3, -0.25) is 4.98 Å². The van der Waals surface area contributed by atoms with Crippen molar-refractivity contribution in [3.05, 3.63) is 120 Å². The zero-order chi connectivity index (χ0) is 31.3. The largest absolute Gasteiger partial charge is 0.264 e. The topological polar surface area (TPSA) is 57.1 Å². The Morgan fingerprint density at radius 3 is 1.62 bits per heavy atom. The molecule has 2 aromatic heterocycles. The predicted molar refractivity (Wildman–Crippen MR) is 182 cm³/mol. The Balaban J connectivity index is 0.000000283. The minimum atomic E-state index is 0.504. The third kappa shape index (κ3) is 15.0. The van der Waals surface area contributed by atoms with E-state index in [1.807, 2.05) is 42.9 Å². The first kappa shape index (κ1) is 37.3. The SMILES string of the molecule is CC(C)c1ccccc1CS.CC(C)c1cccnc1.CC(C)c1cncnc1.COOSc1ccccc1C(C)C. The maximum absolute atomic E-state index is 4.83. The van der Waals surface area contributed by atoms with Gasteiger partial charge >= 0.3 is 0 Å². The van der Waals surface area contributed by atoms with Gasteiger partial charge in [-0.2, -0.15) is 17.0 Å². The first-order valence-corrected chi connectivity index (χ1v) is 15.8. The summed E-state index contributed by atoms with van der Waals surface area (Å²) in [5.41, 5.74) is 6.55. The second-order valence-corrected chi connectivity index (χ2v) is 11.8. The molecular formula is C35H49N3O2S2. The quantitative estimate of drug-likeness (QED) is 0.0931. The number of benzene rings is 2. The second-order valence-electron chi connectivity index (χ2n) is 10.8. The monoisotopic (exact) mass is 607 g/mol. The number of nitrogens with zero attached hydrogens (tertiary/aromatic N) is 3. The van der Waals surface area contributed by atoms with Crippen LogP contribution in [0.1, 0.15) is 107 Å². The van der Waals surface area contributed by atoms with Crippen LogP contribution in [0.25, 0.3) is 0 Å². The smallest absolute Gasteiger partial charge is 0.115 e. The average molecular weight is 608 g/mol. The lowest BCUT2D eigenvalue weighted by molar-refractivity contribution is -0.160. The predicted octanol–water partition coefficient (Wildman–Crippen LogP) is 10.4. The highest BCUT2D eigenvalue weighted by Crippen LogP contribution is 2.28. The van der Waals surface area contributed by atoms with Crippen LogP contribution in [0.2, 0.25) is 0 Å². The summed E-state index contributed by atoms with van der Waals surface area (Å²) in [7, 11) is 1.50. The van der Waals surface area contributed by atoms with Crippen LogP contribution >= 0.6 is 24.7 Å². The molecule has 0 unspecified atom stereocenters. The van der Waals surface area contributed by atoms with Crippen molar-refractivity contribution in [1.29, 1.82) is 0 Å². The van der Waals surface area contributed by atoms with E-state index in [2.05, 4.69) is 124 Å². The number of thiol groups is 1. The Morgan fingerprint density at radius 1 is 0.643 bits per heavy atom. The van der Waals surface area contributed by atoms with Crippen LogP contribution in [0.15, 0.2) is 96.7 Å². The van der Waals surface area contributed by atoms with Gasteiger partial charge in [-0.25, -0.2) is 14.9 Å². The molecule has 0 aliphatic carbocycles. The second kappa shape index (κ2) is 21.9. The van der Waals surface area contributed by atoms with Crippen molar-refractivity contribution in [2.24, 2.45) is 0 Å². The molecule has 42 heavy (non-hydrogen) atoms. The standard InChI is InChI=1S/C10H14O2S.C10H14S.C8H11N.C7H10N2/c1-8(2)9-6-4-5-7-10(9)13-12-11-3;1-8(2)10-6-4-3-5-9(10)7-11;1-7(2)8-4-3-5-9-6-8;1-6(2)7-3-8-5-9-4-7/h4-8H,1-3H3;3-6,8,11H,7H2,1-2H3;3-7H,1-2H3;3-6H,1-2H3. The molecule has 0 aliphatic rings. The molecule has 0 spiro atoms. The van der Waals surface area contributed by atoms with Gasteiger partial charge in [-0.1, -0.05) is 104 Å². The van der Waals surface area contributed by atoms with Crippen LogP contribution in [0, 0.1) is 0 Å². The minimum absolute atomic E-state index is 0.504. The highest BCUT2D eigenvalue weighted by Gasteiger charge is 2.06.